The molecule has 5 heteroatoms. The first-order valence-electron chi connectivity index (χ1n) is 6.88. The van der Waals surface area contributed by atoms with Crippen LogP contribution in [0.15, 0.2) is 18.3 Å². The Hall–Kier alpha value is -1.62. The second-order valence-corrected chi connectivity index (χ2v) is 4.91. The van der Waals surface area contributed by atoms with Crippen LogP contribution in [0.5, 0.6) is 0 Å². The number of aromatic nitrogens is 1. The van der Waals surface area contributed by atoms with E-state index in [2.05, 4.69) is 22.2 Å². The molecule has 1 aliphatic heterocycles. The van der Waals surface area contributed by atoms with Gasteiger partial charge in [-0.25, -0.2) is 4.98 Å². The summed E-state index contributed by atoms with van der Waals surface area (Å²) < 4.78 is 0. The molecule has 104 valence electrons. The van der Waals surface area contributed by atoms with Crippen LogP contribution in [0.1, 0.15) is 23.7 Å². The molecule has 1 N–H and O–H groups in total. The van der Waals surface area contributed by atoms with Crippen molar-refractivity contribution in [3.8, 4) is 0 Å². The van der Waals surface area contributed by atoms with Crippen LogP contribution in [-0.2, 0) is 0 Å². The molecule has 1 aliphatic rings. The summed E-state index contributed by atoms with van der Waals surface area (Å²) in [4.78, 5) is 20.9. The lowest BCUT2D eigenvalue weighted by molar-refractivity contribution is 0.0763. The third kappa shape index (κ3) is 3.67. The van der Waals surface area contributed by atoms with Gasteiger partial charge in [0.2, 0.25) is 0 Å². The first-order chi connectivity index (χ1) is 9.20. The molecule has 19 heavy (non-hydrogen) atoms. The molecular weight excluding hydrogens is 240 g/mol. The maximum atomic E-state index is 12.5. The van der Waals surface area contributed by atoms with Crippen LogP contribution in [0, 0.1) is 0 Å². The first-order valence-corrected chi connectivity index (χ1v) is 6.88. The molecule has 0 atom stereocenters. The van der Waals surface area contributed by atoms with E-state index in [-0.39, 0.29) is 5.91 Å². The zero-order chi connectivity index (χ0) is 13.7. The highest BCUT2D eigenvalue weighted by molar-refractivity contribution is 5.94. The van der Waals surface area contributed by atoms with Gasteiger partial charge in [-0.2, -0.15) is 0 Å². The molecule has 2 rings (SSSR count). The maximum Gasteiger partial charge on any atom is 0.254 e. The van der Waals surface area contributed by atoms with Gasteiger partial charge in [-0.3, -0.25) is 4.79 Å². The van der Waals surface area contributed by atoms with Crippen molar-refractivity contribution in [2.75, 3.05) is 45.1 Å². The molecule has 0 radical (unpaired) electrons. The zero-order valence-electron chi connectivity index (χ0n) is 11.7. The molecule has 2 heterocycles. The average Bonchev–Trinajstić information content (AvgIpc) is 2.63. The van der Waals surface area contributed by atoms with Gasteiger partial charge < -0.3 is 15.1 Å². The normalized spacial score (nSPS) is 17.1. The van der Waals surface area contributed by atoms with Crippen molar-refractivity contribution in [2.24, 2.45) is 0 Å². The monoisotopic (exact) mass is 262 g/mol. The van der Waals surface area contributed by atoms with Gasteiger partial charge in [0.15, 0.2) is 0 Å². The van der Waals surface area contributed by atoms with Gasteiger partial charge in [-0.1, -0.05) is 0 Å². The summed E-state index contributed by atoms with van der Waals surface area (Å²) in [7, 11) is 2.10. The van der Waals surface area contributed by atoms with Crippen LogP contribution in [0.25, 0.3) is 0 Å². The van der Waals surface area contributed by atoms with Gasteiger partial charge in [0, 0.05) is 37.9 Å². The number of likely N-dealkylation sites (N-methyl/N-ethyl adjacent to an activating group) is 1. The molecule has 0 aromatic carbocycles. The number of carbonyl (C=O) groups excluding carboxylic acids is 1. The molecule has 0 aliphatic carbocycles. The number of nitrogens with one attached hydrogen (secondary N) is 1. The fourth-order valence-corrected chi connectivity index (χ4v) is 2.27. The highest BCUT2D eigenvalue weighted by Gasteiger charge is 2.19. The quantitative estimate of drug-likeness (QED) is 0.892. The Morgan fingerprint density at radius 3 is 3.00 bits per heavy atom. The minimum Gasteiger partial charge on any atom is -0.370 e. The molecule has 0 bridgehead atoms. The summed E-state index contributed by atoms with van der Waals surface area (Å²) in [5.74, 6) is 0.872. The van der Waals surface area contributed by atoms with E-state index in [0.717, 1.165) is 50.5 Å². The predicted octanol–water partition coefficient (Wildman–Crippen LogP) is 1.29. The van der Waals surface area contributed by atoms with E-state index in [9.17, 15) is 4.79 Å². The highest BCUT2D eigenvalue weighted by Crippen LogP contribution is 2.11. The molecule has 1 aromatic heterocycles. The second-order valence-electron chi connectivity index (χ2n) is 4.91. The third-order valence-corrected chi connectivity index (χ3v) is 3.37. The van der Waals surface area contributed by atoms with Gasteiger partial charge in [0.1, 0.15) is 5.82 Å². The number of hydrogen-bond donors (Lipinski definition) is 1. The van der Waals surface area contributed by atoms with Crippen LogP contribution in [0.4, 0.5) is 5.82 Å². The Labute approximate surface area is 114 Å². The molecule has 1 amide bonds. The Bertz CT molecular complexity index is 435. The van der Waals surface area contributed by atoms with Gasteiger partial charge >= 0.3 is 0 Å². The van der Waals surface area contributed by atoms with Crippen LogP contribution < -0.4 is 5.32 Å². The van der Waals surface area contributed by atoms with Crippen LogP contribution >= 0.6 is 0 Å². The van der Waals surface area contributed by atoms with Crippen LogP contribution in [-0.4, -0.2) is 60.5 Å². The molecule has 0 spiro atoms. The topological polar surface area (TPSA) is 48.5 Å². The van der Waals surface area contributed by atoms with Crippen molar-refractivity contribution in [1.29, 1.82) is 0 Å². The van der Waals surface area contributed by atoms with E-state index in [1.807, 2.05) is 17.9 Å². The Morgan fingerprint density at radius 1 is 1.37 bits per heavy atom. The largest absolute Gasteiger partial charge is 0.370 e. The number of rotatable bonds is 3. The van der Waals surface area contributed by atoms with Crippen molar-refractivity contribution < 1.29 is 4.79 Å². The minimum absolute atomic E-state index is 0.108. The minimum atomic E-state index is 0.108. The lowest BCUT2D eigenvalue weighted by Crippen LogP contribution is -2.34. The third-order valence-electron chi connectivity index (χ3n) is 3.37. The van der Waals surface area contributed by atoms with E-state index in [0.29, 0.717) is 0 Å². The standard InChI is InChI=1S/C14H22N4O/c1-3-15-13-11-12(5-6-16-13)14(19)18-8-4-7-17(2)9-10-18/h5-6,11H,3-4,7-10H2,1-2H3,(H,15,16). The van der Waals surface area contributed by atoms with Crippen LogP contribution in [0.2, 0.25) is 0 Å². The summed E-state index contributed by atoms with van der Waals surface area (Å²) in [6, 6.07) is 3.62. The highest BCUT2D eigenvalue weighted by atomic mass is 16.2. The average molecular weight is 262 g/mol. The van der Waals surface area contributed by atoms with Gasteiger partial charge in [-0.15, -0.1) is 0 Å². The Morgan fingerprint density at radius 2 is 2.21 bits per heavy atom. The summed E-state index contributed by atoms with van der Waals surface area (Å²) in [6.45, 7) is 6.45. The SMILES string of the molecule is CCNc1cc(C(=O)N2CCCN(C)CC2)ccn1. The predicted molar refractivity (Wildman–Crippen MR) is 76.4 cm³/mol. The second kappa shape index (κ2) is 6.52. The zero-order valence-corrected chi connectivity index (χ0v) is 11.7. The van der Waals surface area contributed by atoms with Gasteiger partial charge in [0.05, 0.1) is 0 Å². The van der Waals surface area contributed by atoms with Crippen molar-refractivity contribution in [3.63, 3.8) is 0 Å². The van der Waals surface area contributed by atoms with E-state index >= 15 is 0 Å². The number of carbonyl (C=O) groups is 1. The lowest BCUT2D eigenvalue weighted by atomic mass is 10.2. The van der Waals surface area contributed by atoms with E-state index in [1.54, 1.807) is 12.3 Å². The fourth-order valence-electron chi connectivity index (χ4n) is 2.27. The van der Waals surface area contributed by atoms with Crippen molar-refractivity contribution in [3.05, 3.63) is 23.9 Å². The summed E-state index contributed by atoms with van der Waals surface area (Å²) >= 11 is 0. The summed E-state index contributed by atoms with van der Waals surface area (Å²) in [5, 5.41) is 3.14. The molecule has 1 fully saturated rings. The molecule has 1 aromatic rings. The Kier molecular flexibility index (Phi) is 4.74. The Balaban J connectivity index is 2.07. The van der Waals surface area contributed by atoms with E-state index in [1.165, 1.54) is 0 Å². The molecule has 0 saturated carbocycles. The summed E-state index contributed by atoms with van der Waals surface area (Å²) in [6.07, 6.45) is 2.72. The number of anilines is 1. The molecule has 5 nitrogen and oxygen atoms in total. The van der Waals surface area contributed by atoms with Crippen molar-refractivity contribution in [2.45, 2.75) is 13.3 Å². The van der Waals surface area contributed by atoms with Crippen molar-refractivity contribution in [1.82, 2.24) is 14.8 Å². The summed E-state index contributed by atoms with van der Waals surface area (Å²) in [5.41, 5.74) is 0.718. The van der Waals surface area contributed by atoms with E-state index < -0.39 is 0 Å². The van der Waals surface area contributed by atoms with Gasteiger partial charge in [-0.05, 0) is 39.1 Å². The maximum absolute atomic E-state index is 12.5. The van der Waals surface area contributed by atoms with Gasteiger partial charge in [0.25, 0.3) is 5.91 Å². The van der Waals surface area contributed by atoms with Crippen LogP contribution in [0.3, 0.4) is 0 Å². The molecule has 0 unspecified atom stereocenters. The first kappa shape index (κ1) is 13.8. The number of pyridine rings is 1. The fraction of sp³-hybridized carbons (Fsp3) is 0.571. The molecular formula is C14H22N4O. The number of amides is 1. The smallest absolute Gasteiger partial charge is 0.254 e. The van der Waals surface area contributed by atoms with E-state index in [4.69, 9.17) is 0 Å². The number of nitrogens with zero attached hydrogens (tertiary/aromatic N) is 3. The molecule has 1 saturated heterocycles. The van der Waals surface area contributed by atoms with Crippen molar-refractivity contribution >= 4 is 11.7 Å². The lowest BCUT2D eigenvalue weighted by Gasteiger charge is -2.20. The number of hydrogen-bond acceptors (Lipinski definition) is 4.